The van der Waals surface area contributed by atoms with Gasteiger partial charge in [0, 0.05) is 11.1 Å². The number of nitrogens with zero attached hydrogens (tertiary/aromatic N) is 1. The maximum atomic E-state index is 5.25. The van der Waals surface area contributed by atoms with Crippen LogP contribution in [0.5, 0.6) is 0 Å². The molecule has 6 aromatic carbocycles. The molecule has 10 rings (SSSR count). The van der Waals surface area contributed by atoms with Gasteiger partial charge in [-0.3, -0.25) is 4.99 Å². The standard InChI is InChI=1S/C53H44N2/c1-53(2)47-33-42(29-30-45(47)50-46(36-15-6-3-7-16-36)32-43-21-12-13-24-44(43)51(50)53)41-23-14-22-40(31-41)35-25-27-39(28-26-35)52-54-48(37-17-8-4-9-18-37)34-49(55-52)38-19-10-5-11-20-38/h3-4,6-10,12-25,27,29-34,52,55H,5,11,26,28H2,1-2H3. The zero-order chi connectivity index (χ0) is 36.9. The maximum absolute atomic E-state index is 5.25. The lowest BCUT2D eigenvalue weighted by Gasteiger charge is -2.29. The lowest BCUT2D eigenvalue weighted by atomic mass is 9.78. The van der Waals surface area contributed by atoms with Gasteiger partial charge in [-0.05, 0) is 133 Å². The van der Waals surface area contributed by atoms with E-state index in [4.69, 9.17) is 4.99 Å². The first-order valence-corrected chi connectivity index (χ1v) is 19.8. The van der Waals surface area contributed by atoms with E-state index in [1.165, 1.54) is 77.6 Å². The number of rotatable bonds is 6. The van der Waals surface area contributed by atoms with Crippen LogP contribution < -0.4 is 5.32 Å². The quantitative estimate of drug-likeness (QED) is 0.183. The molecule has 4 aliphatic rings. The van der Waals surface area contributed by atoms with Gasteiger partial charge in [0.1, 0.15) is 6.17 Å². The molecule has 0 amide bonds. The van der Waals surface area contributed by atoms with Crippen molar-refractivity contribution in [1.29, 1.82) is 0 Å². The Balaban J connectivity index is 0.978. The van der Waals surface area contributed by atoms with Gasteiger partial charge in [-0.1, -0.05) is 159 Å². The minimum atomic E-state index is -0.148. The summed E-state index contributed by atoms with van der Waals surface area (Å²) in [5.74, 6) is 0. The van der Waals surface area contributed by atoms with Crippen molar-refractivity contribution in [3.63, 3.8) is 0 Å². The van der Waals surface area contributed by atoms with E-state index in [2.05, 4.69) is 189 Å². The van der Waals surface area contributed by atoms with E-state index in [1.54, 1.807) is 0 Å². The van der Waals surface area contributed by atoms with E-state index in [0.717, 1.165) is 42.7 Å². The Hall–Kier alpha value is -6.25. The van der Waals surface area contributed by atoms with Crippen LogP contribution in [-0.2, 0) is 5.41 Å². The van der Waals surface area contributed by atoms with Crippen LogP contribution in [0, 0.1) is 0 Å². The summed E-state index contributed by atoms with van der Waals surface area (Å²) in [6.07, 6.45) is 17.7. The molecule has 0 radical (unpaired) electrons. The van der Waals surface area contributed by atoms with Crippen molar-refractivity contribution in [2.24, 2.45) is 4.99 Å². The van der Waals surface area contributed by atoms with Crippen molar-refractivity contribution < 1.29 is 0 Å². The molecule has 6 aromatic rings. The van der Waals surface area contributed by atoms with Gasteiger partial charge < -0.3 is 5.32 Å². The molecule has 2 nitrogen and oxygen atoms in total. The van der Waals surface area contributed by atoms with Crippen molar-refractivity contribution in [3.05, 3.63) is 209 Å². The molecule has 2 heteroatoms. The smallest absolute Gasteiger partial charge is 0.141 e. The fourth-order valence-electron chi connectivity index (χ4n) is 9.19. The summed E-state index contributed by atoms with van der Waals surface area (Å²) in [7, 11) is 0. The lowest BCUT2D eigenvalue weighted by Crippen LogP contribution is -2.34. The third kappa shape index (κ3) is 5.94. The minimum absolute atomic E-state index is 0.0889. The summed E-state index contributed by atoms with van der Waals surface area (Å²) in [5, 5.41) is 6.43. The van der Waals surface area contributed by atoms with Gasteiger partial charge in [0.2, 0.25) is 0 Å². The van der Waals surface area contributed by atoms with E-state index in [-0.39, 0.29) is 11.6 Å². The van der Waals surface area contributed by atoms with Gasteiger partial charge in [0.05, 0.1) is 5.71 Å². The highest BCUT2D eigenvalue weighted by Crippen LogP contribution is 2.55. The Labute approximate surface area is 324 Å². The van der Waals surface area contributed by atoms with E-state index in [0.29, 0.717) is 0 Å². The average molecular weight is 709 g/mol. The largest absolute Gasteiger partial charge is 0.360 e. The molecule has 0 fully saturated rings. The zero-order valence-corrected chi connectivity index (χ0v) is 31.5. The molecule has 1 heterocycles. The van der Waals surface area contributed by atoms with Gasteiger partial charge in [-0.25, -0.2) is 0 Å². The Kier molecular flexibility index (Phi) is 8.21. The van der Waals surface area contributed by atoms with Crippen molar-refractivity contribution in [1.82, 2.24) is 5.32 Å². The Bertz CT molecular complexity index is 2680. The van der Waals surface area contributed by atoms with Crippen molar-refractivity contribution in [2.75, 3.05) is 0 Å². The van der Waals surface area contributed by atoms with E-state index < -0.39 is 0 Å². The van der Waals surface area contributed by atoms with Gasteiger partial charge in [0.25, 0.3) is 0 Å². The molecular formula is C53H44N2. The maximum Gasteiger partial charge on any atom is 0.141 e. The second-order valence-electron chi connectivity index (χ2n) is 15.8. The molecule has 1 unspecified atom stereocenters. The molecule has 0 bridgehead atoms. The number of hydrogen-bond acceptors (Lipinski definition) is 2. The third-order valence-electron chi connectivity index (χ3n) is 12.0. The predicted octanol–water partition coefficient (Wildman–Crippen LogP) is 13.2. The SMILES string of the molecule is CC1(C)c2cc(-c3cccc(C4=CC=C(C5N=C(c6ccccc6)C=C(C6=CCCC=C6)N5)CC4)c3)ccc2-c2c(-c3ccccc3)cc3ccccc3c21. The molecule has 0 aromatic heterocycles. The molecule has 1 atom stereocenters. The predicted molar refractivity (Wildman–Crippen MR) is 232 cm³/mol. The topological polar surface area (TPSA) is 24.4 Å². The van der Waals surface area contributed by atoms with Crippen molar-refractivity contribution in [3.8, 4) is 33.4 Å². The zero-order valence-electron chi connectivity index (χ0n) is 31.5. The summed E-state index contributed by atoms with van der Waals surface area (Å²) < 4.78 is 0. The number of fused-ring (bicyclic) bond motifs is 5. The van der Waals surface area contributed by atoms with Gasteiger partial charge in [-0.15, -0.1) is 0 Å². The van der Waals surface area contributed by atoms with Crippen molar-refractivity contribution >= 4 is 22.1 Å². The summed E-state index contributed by atoms with van der Waals surface area (Å²) in [6.45, 7) is 4.82. The van der Waals surface area contributed by atoms with Crippen molar-refractivity contribution in [2.45, 2.75) is 51.1 Å². The first kappa shape index (κ1) is 33.3. The number of allylic oxidation sites excluding steroid dienone is 7. The third-order valence-corrected chi connectivity index (χ3v) is 12.0. The van der Waals surface area contributed by atoms with Crippen LogP contribution in [0.15, 0.2) is 192 Å². The highest BCUT2D eigenvalue weighted by Gasteiger charge is 2.39. The van der Waals surface area contributed by atoms with Crippen LogP contribution in [0.4, 0.5) is 0 Å². The van der Waals surface area contributed by atoms with E-state index >= 15 is 0 Å². The number of hydrogen-bond donors (Lipinski definition) is 1. The highest BCUT2D eigenvalue weighted by molar-refractivity contribution is 6.10. The number of aliphatic imine (C=N–C) groups is 1. The fourth-order valence-corrected chi connectivity index (χ4v) is 9.19. The highest BCUT2D eigenvalue weighted by atomic mass is 15.1. The molecule has 0 saturated carbocycles. The summed E-state index contributed by atoms with van der Waals surface area (Å²) in [6, 6.07) is 49.1. The molecule has 0 spiro atoms. The summed E-state index contributed by atoms with van der Waals surface area (Å²) in [4.78, 5) is 5.25. The van der Waals surface area contributed by atoms with Crippen LogP contribution in [-0.4, -0.2) is 11.9 Å². The fraction of sp³-hybridized carbons (Fsp3) is 0.151. The van der Waals surface area contributed by atoms with Crippen LogP contribution in [0.1, 0.15) is 61.8 Å². The van der Waals surface area contributed by atoms with Gasteiger partial charge in [-0.2, -0.15) is 0 Å². The van der Waals surface area contributed by atoms with Crippen LogP contribution in [0.3, 0.4) is 0 Å². The first-order chi connectivity index (χ1) is 27.0. The lowest BCUT2D eigenvalue weighted by molar-refractivity contribution is 0.638. The summed E-state index contributed by atoms with van der Waals surface area (Å²) in [5.41, 5.74) is 19.1. The molecule has 1 aliphatic heterocycles. The molecule has 266 valence electrons. The minimum Gasteiger partial charge on any atom is -0.360 e. The van der Waals surface area contributed by atoms with Gasteiger partial charge >= 0.3 is 0 Å². The average Bonchev–Trinajstić information content (AvgIpc) is 3.50. The van der Waals surface area contributed by atoms with Crippen LogP contribution in [0.25, 0.3) is 49.7 Å². The Morgan fingerprint density at radius 2 is 1.38 bits per heavy atom. The van der Waals surface area contributed by atoms with Gasteiger partial charge in [0.15, 0.2) is 0 Å². The normalized spacial score (nSPS) is 18.3. The number of benzene rings is 6. The molecule has 1 N–H and O–H groups in total. The summed E-state index contributed by atoms with van der Waals surface area (Å²) >= 11 is 0. The van der Waals surface area contributed by atoms with Crippen LogP contribution >= 0.6 is 0 Å². The first-order valence-electron chi connectivity index (χ1n) is 19.8. The molecule has 0 saturated heterocycles. The number of nitrogens with one attached hydrogen (secondary N) is 1. The van der Waals surface area contributed by atoms with Crippen LogP contribution in [0.2, 0.25) is 0 Å². The van der Waals surface area contributed by atoms with E-state index in [9.17, 15) is 0 Å². The second-order valence-corrected chi connectivity index (χ2v) is 15.8. The van der Waals surface area contributed by atoms with E-state index in [1.807, 2.05) is 0 Å². The second kappa shape index (κ2) is 13.6. The monoisotopic (exact) mass is 708 g/mol. The molecule has 55 heavy (non-hydrogen) atoms. The Morgan fingerprint density at radius 1 is 0.636 bits per heavy atom. The molecule has 3 aliphatic carbocycles. The Morgan fingerprint density at radius 3 is 2.16 bits per heavy atom. The molecular weight excluding hydrogens is 665 g/mol.